The van der Waals surface area contributed by atoms with Crippen LogP contribution >= 0.6 is 0 Å². The minimum Gasteiger partial charge on any atom is -0.456 e. The fourth-order valence-electron chi connectivity index (χ4n) is 10.1. The van der Waals surface area contributed by atoms with Gasteiger partial charge >= 0.3 is 0 Å². The molecule has 3 aromatic heterocycles. The van der Waals surface area contributed by atoms with Gasteiger partial charge in [-0.15, -0.1) is 0 Å². The second kappa shape index (κ2) is 12.7. The second-order valence-corrected chi connectivity index (χ2v) is 17.8. The van der Waals surface area contributed by atoms with Gasteiger partial charge in [-0.3, -0.25) is 0 Å². The van der Waals surface area contributed by atoms with Crippen molar-refractivity contribution in [2.45, 2.75) is 51.4 Å². The molecule has 0 N–H and O–H groups in total. The zero-order valence-corrected chi connectivity index (χ0v) is 34.1. The fraction of sp³-hybridized carbons (Fsp3) is 0.145. The van der Waals surface area contributed by atoms with Crippen molar-refractivity contribution in [1.29, 1.82) is 0 Å². The first-order valence-electron chi connectivity index (χ1n) is 21.0. The number of aromatic nitrogens is 4. The van der Waals surface area contributed by atoms with Gasteiger partial charge in [-0.25, -0.2) is 15.0 Å². The molecule has 288 valence electrons. The van der Waals surface area contributed by atoms with Gasteiger partial charge in [0.15, 0.2) is 17.5 Å². The largest absolute Gasteiger partial charge is 0.456 e. The molecule has 1 aliphatic rings. The molecule has 0 radical (unpaired) electrons. The number of hydrogen-bond acceptors (Lipinski definition) is 4. The van der Waals surface area contributed by atoms with Gasteiger partial charge < -0.3 is 8.98 Å². The third-order valence-corrected chi connectivity index (χ3v) is 13.3. The smallest absolute Gasteiger partial charge is 0.164 e. The average molecular weight is 775 g/mol. The molecule has 1 aliphatic carbocycles. The van der Waals surface area contributed by atoms with Gasteiger partial charge in [0.2, 0.25) is 0 Å². The van der Waals surface area contributed by atoms with E-state index in [-0.39, 0.29) is 10.8 Å². The summed E-state index contributed by atoms with van der Waals surface area (Å²) in [6.45, 7) is 9.67. The summed E-state index contributed by atoms with van der Waals surface area (Å²) in [5.74, 6) is 1.85. The summed E-state index contributed by atoms with van der Waals surface area (Å²) < 4.78 is 8.85. The van der Waals surface area contributed by atoms with Gasteiger partial charge in [-0.05, 0) is 75.9 Å². The van der Waals surface area contributed by atoms with Gasteiger partial charge in [0, 0.05) is 49.0 Å². The van der Waals surface area contributed by atoms with E-state index in [1.165, 1.54) is 50.1 Å². The van der Waals surface area contributed by atoms with Crippen LogP contribution in [0.2, 0.25) is 0 Å². The number of nitrogens with zero attached hydrogens (tertiary/aromatic N) is 4. The zero-order valence-electron chi connectivity index (χ0n) is 34.1. The molecule has 0 amide bonds. The summed E-state index contributed by atoms with van der Waals surface area (Å²) in [7, 11) is 0. The number of fused-ring (bicyclic) bond motifs is 10. The van der Waals surface area contributed by atoms with Gasteiger partial charge in [0.1, 0.15) is 11.2 Å². The number of hydrogen-bond donors (Lipinski definition) is 0. The predicted octanol–water partition coefficient (Wildman–Crippen LogP) is 14.5. The molecule has 0 aliphatic heterocycles. The monoisotopic (exact) mass is 774 g/mol. The third-order valence-electron chi connectivity index (χ3n) is 13.3. The molecule has 0 spiro atoms. The van der Waals surface area contributed by atoms with Gasteiger partial charge in [-0.2, -0.15) is 0 Å². The van der Waals surface area contributed by atoms with Gasteiger partial charge in [0.25, 0.3) is 0 Å². The summed E-state index contributed by atoms with van der Waals surface area (Å²) in [5, 5.41) is 9.28. The van der Waals surface area contributed by atoms with E-state index in [0.717, 1.165) is 61.5 Å². The summed E-state index contributed by atoms with van der Waals surface area (Å²) in [4.78, 5) is 15.7. The predicted molar refractivity (Wildman–Crippen MR) is 248 cm³/mol. The Morgan fingerprint density at radius 1 is 0.467 bits per heavy atom. The normalized spacial score (nSPS) is 14.8. The van der Waals surface area contributed by atoms with Gasteiger partial charge in [0.05, 0.1) is 16.7 Å². The first-order chi connectivity index (χ1) is 29.2. The molecule has 0 bridgehead atoms. The van der Waals surface area contributed by atoms with Crippen LogP contribution in [-0.2, 0) is 10.8 Å². The van der Waals surface area contributed by atoms with Crippen molar-refractivity contribution in [3.63, 3.8) is 0 Å². The van der Waals surface area contributed by atoms with E-state index in [9.17, 15) is 0 Å². The van der Waals surface area contributed by atoms with E-state index >= 15 is 0 Å². The lowest BCUT2D eigenvalue weighted by Gasteiger charge is -2.42. The van der Waals surface area contributed by atoms with Crippen molar-refractivity contribution < 1.29 is 4.42 Å². The van der Waals surface area contributed by atoms with Crippen LogP contribution < -0.4 is 0 Å². The molecule has 0 saturated carbocycles. The Balaban J connectivity index is 1.14. The first kappa shape index (κ1) is 34.9. The Labute approximate surface area is 348 Å². The van der Waals surface area contributed by atoms with E-state index in [4.69, 9.17) is 19.4 Å². The summed E-state index contributed by atoms with van der Waals surface area (Å²) >= 11 is 0. The third kappa shape index (κ3) is 5.15. The van der Waals surface area contributed by atoms with Gasteiger partial charge in [-0.1, -0.05) is 155 Å². The molecule has 0 fully saturated rings. The van der Waals surface area contributed by atoms with Crippen molar-refractivity contribution >= 4 is 65.3 Å². The van der Waals surface area contributed by atoms with E-state index in [1.54, 1.807) is 0 Å². The molecular weight excluding hydrogens is 733 g/mol. The SMILES string of the molecule is CC1(C)CCC(C)(C)c2cc3c(cc21)c1ccc2ccccc2c1n3-c1cccc2c(-c3nc(-c4ccccc4)nc(-c4cccc5oc6ccccc6c45)n3)cccc12. The summed E-state index contributed by atoms with van der Waals surface area (Å²) in [6.07, 6.45) is 2.33. The highest BCUT2D eigenvalue weighted by Crippen LogP contribution is 2.49. The maximum absolute atomic E-state index is 6.32. The van der Waals surface area contributed by atoms with Crippen LogP contribution in [-0.4, -0.2) is 19.5 Å². The Morgan fingerprint density at radius 3 is 1.92 bits per heavy atom. The lowest BCUT2D eigenvalue weighted by atomic mass is 9.63. The number of furan rings is 1. The van der Waals surface area contributed by atoms with E-state index < -0.39 is 0 Å². The number of para-hydroxylation sites is 1. The number of benzene rings is 8. The minimum atomic E-state index is 0.0637. The van der Waals surface area contributed by atoms with Crippen LogP contribution in [0, 0.1) is 0 Å². The van der Waals surface area contributed by atoms with Crippen LogP contribution in [0.25, 0.3) is 105 Å². The Kier molecular flexibility index (Phi) is 7.38. The molecule has 0 saturated heterocycles. The Bertz CT molecular complexity index is 3550. The van der Waals surface area contributed by atoms with E-state index in [1.807, 2.05) is 48.5 Å². The van der Waals surface area contributed by atoms with E-state index in [2.05, 4.69) is 141 Å². The molecule has 11 aromatic rings. The quantitative estimate of drug-likeness (QED) is 0.179. The van der Waals surface area contributed by atoms with Crippen LogP contribution in [0.5, 0.6) is 0 Å². The fourth-order valence-corrected chi connectivity index (χ4v) is 10.1. The minimum absolute atomic E-state index is 0.0637. The highest BCUT2D eigenvalue weighted by molar-refractivity contribution is 6.20. The highest BCUT2D eigenvalue weighted by Gasteiger charge is 2.38. The van der Waals surface area contributed by atoms with Crippen LogP contribution in [0.3, 0.4) is 0 Å². The van der Waals surface area contributed by atoms with Crippen molar-refractivity contribution in [1.82, 2.24) is 19.5 Å². The molecule has 3 heterocycles. The van der Waals surface area contributed by atoms with Crippen molar-refractivity contribution in [3.8, 4) is 39.9 Å². The molecular formula is C55H42N4O. The maximum Gasteiger partial charge on any atom is 0.164 e. The van der Waals surface area contributed by atoms with Crippen LogP contribution in [0.15, 0.2) is 162 Å². The Morgan fingerprint density at radius 2 is 1.08 bits per heavy atom. The van der Waals surface area contributed by atoms with Crippen LogP contribution in [0.1, 0.15) is 51.7 Å². The lowest BCUT2D eigenvalue weighted by Crippen LogP contribution is -2.33. The first-order valence-corrected chi connectivity index (χ1v) is 21.0. The maximum atomic E-state index is 6.32. The highest BCUT2D eigenvalue weighted by atomic mass is 16.3. The second-order valence-electron chi connectivity index (χ2n) is 17.8. The van der Waals surface area contributed by atoms with Crippen LogP contribution in [0.4, 0.5) is 0 Å². The van der Waals surface area contributed by atoms with E-state index in [0.29, 0.717) is 17.5 Å². The molecule has 5 nitrogen and oxygen atoms in total. The standard InChI is InChI=1S/C55H42N4O/c1-54(2)29-30-55(3,4)44-32-46-42(31-43(44)54)38-28-27-33-15-8-9-18-35(33)50(38)59(46)45-24-13-20-36-37(45)21-12-22-39(36)52-56-51(34-16-6-5-7-17-34)57-53(58-52)41-23-14-26-48-49(41)40-19-10-11-25-47(40)60-48/h5-28,31-32H,29-30H2,1-4H3. The van der Waals surface area contributed by atoms with Crippen molar-refractivity contribution in [2.75, 3.05) is 0 Å². The average Bonchev–Trinajstić information content (AvgIpc) is 3.83. The topological polar surface area (TPSA) is 56.7 Å². The number of rotatable bonds is 4. The van der Waals surface area contributed by atoms with Crippen molar-refractivity contribution in [3.05, 3.63) is 169 Å². The lowest BCUT2D eigenvalue weighted by molar-refractivity contribution is 0.332. The molecule has 60 heavy (non-hydrogen) atoms. The molecule has 8 aromatic carbocycles. The molecule has 5 heteroatoms. The summed E-state index contributed by atoms with van der Waals surface area (Å²) in [6, 6.07) is 56.2. The Hall–Kier alpha value is -7.11. The summed E-state index contributed by atoms with van der Waals surface area (Å²) in [5.41, 5.74) is 11.1. The zero-order chi connectivity index (χ0) is 40.3. The van der Waals surface area contributed by atoms with Crippen molar-refractivity contribution in [2.24, 2.45) is 0 Å². The molecule has 12 rings (SSSR count). The molecule has 0 unspecified atom stereocenters. The molecule has 0 atom stereocenters.